The fourth-order valence-corrected chi connectivity index (χ4v) is 4.70. The van der Waals surface area contributed by atoms with Crippen molar-refractivity contribution in [1.29, 1.82) is 0 Å². The molecular weight excluding hydrogens is 288 g/mol. The van der Waals surface area contributed by atoms with Crippen LogP contribution in [-0.4, -0.2) is 34.1 Å². The minimum absolute atomic E-state index is 0.392. The number of thiophene rings is 1. The zero-order chi connectivity index (χ0) is 14.1. The van der Waals surface area contributed by atoms with Crippen LogP contribution in [0, 0.1) is 0 Å². The first kappa shape index (κ1) is 13.9. The molecule has 20 heavy (non-hydrogen) atoms. The van der Waals surface area contributed by atoms with Gasteiger partial charge in [0.25, 0.3) is 0 Å². The van der Waals surface area contributed by atoms with Crippen molar-refractivity contribution in [1.82, 2.24) is 9.97 Å². The molecule has 0 spiro atoms. The Balaban J connectivity index is 2.03. The van der Waals surface area contributed by atoms with Gasteiger partial charge in [-0.05, 0) is 18.9 Å². The van der Waals surface area contributed by atoms with E-state index in [-0.39, 0.29) is 0 Å². The molecule has 2 aromatic heterocycles. The van der Waals surface area contributed by atoms with E-state index in [9.17, 15) is 0 Å². The number of hydrogen-bond acceptors (Lipinski definition) is 6. The van der Waals surface area contributed by atoms with Crippen molar-refractivity contribution in [2.24, 2.45) is 0 Å². The van der Waals surface area contributed by atoms with Gasteiger partial charge in [-0.1, -0.05) is 13.8 Å². The zero-order valence-corrected chi connectivity index (χ0v) is 13.6. The van der Waals surface area contributed by atoms with Crippen LogP contribution in [0.4, 0.5) is 11.8 Å². The van der Waals surface area contributed by atoms with E-state index >= 15 is 0 Å². The van der Waals surface area contributed by atoms with Crippen LogP contribution in [0.5, 0.6) is 0 Å². The lowest BCUT2D eigenvalue weighted by Gasteiger charge is -2.33. The van der Waals surface area contributed by atoms with Crippen molar-refractivity contribution < 1.29 is 0 Å². The maximum atomic E-state index is 5.90. The molecule has 3 heterocycles. The SMILES string of the molecule is CCc1cc2c(N3CCSC(CC)C3)nc(N)nc2s1. The van der Waals surface area contributed by atoms with E-state index in [1.807, 2.05) is 0 Å². The van der Waals surface area contributed by atoms with Gasteiger partial charge in [0.1, 0.15) is 10.6 Å². The zero-order valence-electron chi connectivity index (χ0n) is 11.9. The van der Waals surface area contributed by atoms with Crippen molar-refractivity contribution in [2.75, 3.05) is 29.5 Å². The minimum Gasteiger partial charge on any atom is -0.368 e. The molecule has 6 heteroatoms. The summed E-state index contributed by atoms with van der Waals surface area (Å²) in [6.45, 7) is 6.53. The molecule has 1 aliphatic rings. The van der Waals surface area contributed by atoms with Crippen LogP contribution in [0.25, 0.3) is 10.2 Å². The molecule has 1 fully saturated rings. The van der Waals surface area contributed by atoms with Crippen molar-refractivity contribution in [3.8, 4) is 0 Å². The molecular formula is C14H20N4S2. The van der Waals surface area contributed by atoms with Crippen LogP contribution < -0.4 is 10.6 Å². The van der Waals surface area contributed by atoms with Gasteiger partial charge in [0.15, 0.2) is 0 Å². The Morgan fingerprint density at radius 2 is 2.25 bits per heavy atom. The average molecular weight is 308 g/mol. The highest BCUT2D eigenvalue weighted by Crippen LogP contribution is 2.34. The Labute approximate surface area is 127 Å². The first-order chi connectivity index (χ1) is 9.71. The number of fused-ring (bicyclic) bond motifs is 1. The van der Waals surface area contributed by atoms with Crippen LogP contribution in [0.15, 0.2) is 6.07 Å². The molecule has 1 atom stereocenters. The van der Waals surface area contributed by atoms with Crippen LogP contribution in [0.1, 0.15) is 25.1 Å². The van der Waals surface area contributed by atoms with Gasteiger partial charge in [0, 0.05) is 29.0 Å². The Hall–Kier alpha value is -1.01. The molecule has 108 valence electrons. The highest BCUT2D eigenvalue weighted by atomic mass is 32.2. The number of rotatable bonds is 3. The number of aryl methyl sites for hydroxylation is 1. The van der Waals surface area contributed by atoms with E-state index in [4.69, 9.17) is 5.73 Å². The molecule has 1 aliphatic heterocycles. The summed E-state index contributed by atoms with van der Waals surface area (Å²) in [5.74, 6) is 2.58. The second-order valence-electron chi connectivity index (χ2n) is 5.04. The maximum Gasteiger partial charge on any atom is 0.223 e. The Morgan fingerprint density at radius 3 is 3.00 bits per heavy atom. The van der Waals surface area contributed by atoms with Gasteiger partial charge in [-0.25, -0.2) is 4.98 Å². The van der Waals surface area contributed by atoms with E-state index in [1.165, 1.54) is 16.7 Å². The van der Waals surface area contributed by atoms with Gasteiger partial charge in [0.2, 0.25) is 5.95 Å². The third-order valence-corrected chi connectivity index (χ3v) is 6.23. The molecule has 0 amide bonds. The highest BCUT2D eigenvalue weighted by molar-refractivity contribution is 8.00. The maximum absolute atomic E-state index is 5.90. The lowest BCUT2D eigenvalue weighted by atomic mass is 10.2. The third kappa shape index (κ3) is 2.59. The summed E-state index contributed by atoms with van der Waals surface area (Å²) in [5, 5.41) is 1.86. The molecule has 0 aromatic carbocycles. The second kappa shape index (κ2) is 5.77. The largest absolute Gasteiger partial charge is 0.368 e. The minimum atomic E-state index is 0.392. The summed E-state index contributed by atoms with van der Waals surface area (Å²) < 4.78 is 0. The Morgan fingerprint density at radius 1 is 1.40 bits per heavy atom. The van der Waals surface area contributed by atoms with Gasteiger partial charge in [-0.15, -0.1) is 11.3 Å². The molecule has 3 rings (SSSR count). The normalized spacial score (nSPS) is 19.7. The fraction of sp³-hybridized carbons (Fsp3) is 0.571. The van der Waals surface area contributed by atoms with Crippen LogP contribution in [-0.2, 0) is 6.42 Å². The molecule has 0 aliphatic carbocycles. The van der Waals surface area contributed by atoms with Crippen molar-refractivity contribution in [2.45, 2.75) is 31.9 Å². The molecule has 0 radical (unpaired) electrons. The van der Waals surface area contributed by atoms with Gasteiger partial charge in [-0.2, -0.15) is 16.7 Å². The van der Waals surface area contributed by atoms with E-state index in [0.717, 1.165) is 35.9 Å². The van der Waals surface area contributed by atoms with Gasteiger partial charge >= 0.3 is 0 Å². The molecule has 2 N–H and O–H groups in total. The molecule has 1 unspecified atom stereocenters. The summed E-state index contributed by atoms with van der Waals surface area (Å²) in [4.78, 5) is 13.7. The smallest absolute Gasteiger partial charge is 0.223 e. The van der Waals surface area contributed by atoms with Crippen molar-refractivity contribution >= 4 is 45.1 Å². The lowest BCUT2D eigenvalue weighted by molar-refractivity contribution is 0.722. The number of nitrogens with zero attached hydrogens (tertiary/aromatic N) is 3. The number of hydrogen-bond donors (Lipinski definition) is 1. The molecule has 4 nitrogen and oxygen atoms in total. The van der Waals surface area contributed by atoms with Crippen LogP contribution >= 0.6 is 23.1 Å². The van der Waals surface area contributed by atoms with Crippen molar-refractivity contribution in [3.63, 3.8) is 0 Å². The number of nitrogen functional groups attached to an aromatic ring is 1. The summed E-state index contributed by atoms with van der Waals surface area (Å²) in [6, 6.07) is 2.23. The average Bonchev–Trinajstić information content (AvgIpc) is 2.89. The van der Waals surface area contributed by atoms with Crippen LogP contribution in [0.3, 0.4) is 0 Å². The Kier molecular flexibility index (Phi) is 4.03. The summed E-state index contributed by atoms with van der Waals surface area (Å²) >= 11 is 3.80. The standard InChI is InChI=1S/C14H20N4S2/c1-3-9-7-11-12(16-14(15)17-13(11)20-9)18-5-6-19-10(4-2)8-18/h7,10H,3-6,8H2,1-2H3,(H2,15,16,17). The van der Waals surface area contributed by atoms with Gasteiger partial charge in [-0.3, -0.25) is 0 Å². The first-order valence-corrected chi connectivity index (χ1v) is 9.00. The first-order valence-electron chi connectivity index (χ1n) is 7.13. The Bertz CT molecular complexity index is 610. The third-order valence-electron chi connectivity index (χ3n) is 3.68. The molecule has 1 saturated heterocycles. The van der Waals surface area contributed by atoms with E-state index in [0.29, 0.717) is 11.2 Å². The predicted octanol–water partition coefficient (Wildman–Crippen LogP) is 3.17. The summed E-state index contributed by atoms with van der Waals surface area (Å²) in [6.07, 6.45) is 2.24. The fourth-order valence-electron chi connectivity index (χ4n) is 2.55. The lowest BCUT2D eigenvalue weighted by Crippen LogP contribution is -2.38. The number of thioether (sulfide) groups is 1. The molecule has 0 bridgehead atoms. The van der Waals surface area contributed by atoms with Crippen LogP contribution in [0.2, 0.25) is 0 Å². The number of anilines is 2. The van der Waals surface area contributed by atoms with E-state index in [2.05, 4.69) is 46.5 Å². The quantitative estimate of drug-likeness (QED) is 0.944. The number of aromatic nitrogens is 2. The topological polar surface area (TPSA) is 55.0 Å². The number of nitrogens with two attached hydrogens (primary N) is 1. The predicted molar refractivity (Wildman–Crippen MR) is 90.0 cm³/mol. The second-order valence-corrected chi connectivity index (χ2v) is 7.56. The summed E-state index contributed by atoms with van der Waals surface area (Å²) in [7, 11) is 0. The highest BCUT2D eigenvalue weighted by Gasteiger charge is 2.23. The van der Waals surface area contributed by atoms with Gasteiger partial charge in [0.05, 0.1) is 5.39 Å². The van der Waals surface area contributed by atoms with E-state index in [1.54, 1.807) is 11.3 Å². The van der Waals surface area contributed by atoms with Crippen molar-refractivity contribution in [3.05, 3.63) is 10.9 Å². The molecule has 2 aromatic rings. The van der Waals surface area contributed by atoms with Gasteiger partial charge < -0.3 is 10.6 Å². The molecule has 0 saturated carbocycles. The summed E-state index contributed by atoms with van der Waals surface area (Å²) in [5.41, 5.74) is 5.90. The monoisotopic (exact) mass is 308 g/mol. The van der Waals surface area contributed by atoms with E-state index < -0.39 is 0 Å².